The molecule has 1 aliphatic heterocycles. The van der Waals surface area contributed by atoms with Gasteiger partial charge < -0.3 is 19.7 Å². The van der Waals surface area contributed by atoms with E-state index in [2.05, 4.69) is 24.1 Å². The molecule has 7 nitrogen and oxygen atoms in total. The van der Waals surface area contributed by atoms with E-state index in [0.29, 0.717) is 18.9 Å². The molecule has 0 spiro atoms. The molecule has 2 amide bonds. The van der Waals surface area contributed by atoms with Crippen LogP contribution in [0, 0.1) is 11.8 Å². The number of hydrogen-bond acceptors (Lipinski definition) is 6. The maximum Gasteiger partial charge on any atom is 0.226 e. The number of carbonyl (C=O) groups is 2. The van der Waals surface area contributed by atoms with Crippen LogP contribution in [0.15, 0.2) is 11.6 Å². The van der Waals surface area contributed by atoms with Crippen molar-refractivity contribution in [2.75, 3.05) is 20.8 Å². The van der Waals surface area contributed by atoms with Gasteiger partial charge in [0.15, 0.2) is 0 Å². The Morgan fingerprint density at radius 3 is 2.61 bits per heavy atom. The molecular formula is C23H39N3O4S. The molecule has 31 heavy (non-hydrogen) atoms. The fourth-order valence-corrected chi connectivity index (χ4v) is 4.98. The fourth-order valence-electron chi connectivity index (χ4n) is 4.33. The van der Waals surface area contributed by atoms with Crippen molar-refractivity contribution < 1.29 is 19.1 Å². The van der Waals surface area contributed by atoms with Gasteiger partial charge in [-0.15, -0.1) is 11.3 Å². The number of hydrogen-bond donors (Lipinski definition) is 1. The Morgan fingerprint density at radius 2 is 2.03 bits per heavy atom. The molecule has 8 heteroatoms. The molecule has 1 saturated heterocycles. The predicted octanol–water partition coefficient (Wildman–Crippen LogP) is 3.80. The van der Waals surface area contributed by atoms with Crippen molar-refractivity contribution in [3.05, 3.63) is 16.6 Å². The number of rotatable bonds is 12. The summed E-state index contributed by atoms with van der Waals surface area (Å²) >= 11 is 1.52. The number of ether oxygens (including phenoxy) is 2. The Kier molecular flexibility index (Phi) is 10.4. The maximum atomic E-state index is 13.1. The summed E-state index contributed by atoms with van der Waals surface area (Å²) in [5.41, 5.74) is 0. The number of likely N-dealkylation sites (tertiary alicyclic amines) is 1. The van der Waals surface area contributed by atoms with Crippen molar-refractivity contribution >= 4 is 23.2 Å². The highest BCUT2D eigenvalue weighted by atomic mass is 32.1. The largest absolute Gasteiger partial charge is 0.381 e. The van der Waals surface area contributed by atoms with Gasteiger partial charge in [-0.2, -0.15) is 0 Å². The minimum absolute atomic E-state index is 0.0791. The van der Waals surface area contributed by atoms with Crippen LogP contribution < -0.4 is 5.32 Å². The molecule has 2 heterocycles. The summed E-state index contributed by atoms with van der Waals surface area (Å²) in [7, 11) is 3.30. The van der Waals surface area contributed by atoms with Crippen molar-refractivity contribution in [3.63, 3.8) is 0 Å². The number of methoxy groups -OCH3 is 2. The van der Waals surface area contributed by atoms with Crippen LogP contribution in [0.2, 0.25) is 0 Å². The number of thiazole rings is 1. The van der Waals surface area contributed by atoms with Crippen LogP contribution in [0.1, 0.15) is 70.8 Å². The van der Waals surface area contributed by atoms with Crippen molar-refractivity contribution in [1.29, 1.82) is 0 Å². The highest BCUT2D eigenvalue weighted by molar-refractivity contribution is 7.09. The first-order chi connectivity index (χ1) is 14.8. The minimum atomic E-state index is -0.385. The van der Waals surface area contributed by atoms with Gasteiger partial charge in [-0.25, -0.2) is 4.98 Å². The van der Waals surface area contributed by atoms with E-state index in [0.717, 1.165) is 30.7 Å². The molecule has 0 saturated carbocycles. The van der Waals surface area contributed by atoms with E-state index in [1.807, 2.05) is 24.1 Å². The van der Waals surface area contributed by atoms with Gasteiger partial charge in [0.1, 0.15) is 5.01 Å². The number of aromatic nitrogens is 1. The Labute approximate surface area is 190 Å². The summed E-state index contributed by atoms with van der Waals surface area (Å²) in [6.07, 6.45) is 5.37. The minimum Gasteiger partial charge on any atom is -0.381 e. The lowest BCUT2D eigenvalue weighted by molar-refractivity contribution is -0.142. The summed E-state index contributed by atoms with van der Waals surface area (Å²) in [4.78, 5) is 32.2. The summed E-state index contributed by atoms with van der Waals surface area (Å²) in [6.45, 7) is 8.84. The van der Waals surface area contributed by atoms with Crippen molar-refractivity contribution in [1.82, 2.24) is 15.2 Å². The van der Waals surface area contributed by atoms with E-state index in [9.17, 15) is 9.59 Å². The lowest BCUT2D eigenvalue weighted by Crippen LogP contribution is -2.50. The second kappa shape index (κ2) is 12.5. The first-order valence-electron chi connectivity index (χ1n) is 11.4. The number of carbonyl (C=O) groups excluding carboxylic acids is 2. The molecule has 1 aliphatic rings. The zero-order valence-electron chi connectivity index (χ0n) is 19.8. The van der Waals surface area contributed by atoms with Crippen molar-refractivity contribution in [2.24, 2.45) is 11.8 Å². The Hall–Kier alpha value is -1.51. The number of nitrogens with one attached hydrogen (secondary N) is 1. The van der Waals surface area contributed by atoms with Crippen LogP contribution in [0.25, 0.3) is 0 Å². The normalized spacial score (nSPS) is 21.4. The molecule has 1 aromatic heterocycles. The summed E-state index contributed by atoms with van der Waals surface area (Å²) in [5.74, 6) is 0.135. The molecule has 176 valence electrons. The lowest BCUT2D eigenvalue weighted by Gasteiger charge is -2.35. The molecular weight excluding hydrogens is 414 g/mol. The van der Waals surface area contributed by atoms with Gasteiger partial charge in [0.25, 0.3) is 0 Å². The summed E-state index contributed by atoms with van der Waals surface area (Å²) < 4.78 is 11.4. The summed E-state index contributed by atoms with van der Waals surface area (Å²) in [5, 5.41) is 5.81. The molecule has 6 atom stereocenters. The molecule has 0 unspecified atom stereocenters. The van der Waals surface area contributed by atoms with E-state index < -0.39 is 0 Å². The highest BCUT2D eigenvalue weighted by Gasteiger charge is 2.40. The molecule has 0 aliphatic carbocycles. The van der Waals surface area contributed by atoms with Crippen molar-refractivity contribution in [2.45, 2.75) is 84.1 Å². The van der Waals surface area contributed by atoms with Crippen LogP contribution in [0.4, 0.5) is 0 Å². The van der Waals surface area contributed by atoms with Gasteiger partial charge in [0.05, 0.1) is 36.6 Å². The first kappa shape index (κ1) is 25.7. The Balaban J connectivity index is 2.01. The third-order valence-corrected chi connectivity index (χ3v) is 7.41. The van der Waals surface area contributed by atoms with Gasteiger partial charge in [0.2, 0.25) is 11.8 Å². The Morgan fingerprint density at radius 1 is 1.29 bits per heavy atom. The summed E-state index contributed by atoms with van der Waals surface area (Å²) in [6, 6.07) is -0.258. The SMILES string of the molecule is CC[C@@H](C)C[C@@H](CC(=O)N1CCC[C@H]1[C@H](OC)[C@@H](C)C(=O)N[C@@H](C)c1nccs1)OC. The van der Waals surface area contributed by atoms with Gasteiger partial charge >= 0.3 is 0 Å². The third-order valence-electron chi connectivity index (χ3n) is 6.46. The van der Waals surface area contributed by atoms with E-state index in [1.54, 1.807) is 20.4 Å². The molecule has 1 N–H and O–H groups in total. The van der Waals surface area contributed by atoms with Gasteiger partial charge in [-0.05, 0) is 32.1 Å². The average Bonchev–Trinajstić information content (AvgIpc) is 3.45. The molecule has 0 bridgehead atoms. The number of amides is 2. The second-order valence-corrected chi connectivity index (χ2v) is 9.62. The van der Waals surface area contributed by atoms with Gasteiger partial charge in [-0.3, -0.25) is 9.59 Å². The molecule has 1 fully saturated rings. The molecule has 0 aromatic carbocycles. The van der Waals surface area contributed by atoms with Gasteiger partial charge in [-0.1, -0.05) is 27.2 Å². The van der Waals surface area contributed by atoms with E-state index >= 15 is 0 Å². The fraction of sp³-hybridized carbons (Fsp3) is 0.783. The smallest absolute Gasteiger partial charge is 0.226 e. The number of nitrogens with zero attached hydrogens (tertiary/aromatic N) is 2. The Bertz CT molecular complexity index is 684. The van der Waals surface area contributed by atoms with E-state index in [-0.39, 0.29) is 42.0 Å². The quantitative estimate of drug-likeness (QED) is 0.521. The monoisotopic (exact) mass is 453 g/mol. The van der Waals surface area contributed by atoms with Crippen LogP contribution in [0.3, 0.4) is 0 Å². The van der Waals surface area contributed by atoms with Crippen molar-refractivity contribution in [3.8, 4) is 0 Å². The molecule has 2 rings (SSSR count). The van der Waals surface area contributed by atoms with Gasteiger partial charge in [0, 0.05) is 32.3 Å². The van der Waals surface area contributed by atoms with E-state index in [4.69, 9.17) is 9.47 Å². The highest BCUT2D eigenvalue weighted by Crippen LogP contribution is 2.28. The lowest BCUT2D eigenvalue weighted by atomic mass is 9.94. The maximum absolute atomic E-state index is 13.1. The zero-order chi connectivity index (χ0) is 23.0. The van der Waals surface area contributed by atoms with Crippen LogP contribution in [-0.4, -0.2) is 60.7 Å². The third kappa shape index (κ3) is 6.99. The van der Waals surface area contributed by atoms with Crippen LogP contribution in [0.5, 0.6) is 0 Å². The predicted molar refractivity (Wildman–Crippen MR) is 123 cm³/mol. The zero-order valence-corrected chi connectivity index (χ0v) is 20.6. The molecule has 1 aromatic rings. The van der Waals surface area contributed by atoms with E-state index in [1.165, 1.54) is 11.3 Å². The second-order valence-electron chi connectivity index (χ2n) is 8.70. The molecule has 0 radical (unpaired) electrons. The van der Waals surface area contributed by atoms with Crippen LogP contribution in [-0.2, 0) is 19.1 Å². The van der Waals surface area contributed by atoms with Crippen LogP contribution >= 0.6 is 11.3 Å². The topological polar surface area (TPSA) is 80.8 Å². The average molecular weight is 454 g/mol. The standard InChI is InChI=1S/C23H39N3O4S/c1-7-15(2)13-18(29-5)14-20(27)26-11-8-9-19(26)21(30-6)16(3)22(28)25-17(4)23-24-10-12-31-23/h10,12,15-19,21H,7-9,11,13-14H2,1-6H3,(H,25,28)/t15-,16-,17+,18+,19+,21-/m1/s1. The first-order valence-corrected chi connectivity index (χ1v) is 12.2.